The molecule has 6 nitrogen and oxygen atoms in total. The summed E-state index contributed by atoms with van der Waals surface area (Å²) in [5, 5.41) is 3.15. The van der Waals surface area contributed by atoms with Crippen LogP contribution < -0.4 is 9.62 Å². The van der Waals surface area contributed by atoms with Crippen molar-refractivity contribution in [1.82, 2.24) is 4.98 Å². The predicted octanol–water partition coefficient (Wildman–Crippen LogP) is 4.57. The molecular weight excluding hydrogens is 466 g/mol. The van der Waals surface area contributed by atoms with Gasteiger partial charge in [-0.3, -0.25) is 9.10 Å². The van der Waals surface area contributed by atoms with Crippen LogP contribution in [0.2, 0.25) is 5.02 Å². The van der Waals surface area contributed by atoms with Crippen molar-refractivity contribution in [2.75, 3.05) is 16.7 Å². The number of aromatic nitrogens is 1. The lowest BCUT2D eigenvalue weighted by Crippen LogP contribution is -2.26. The van der Waals surface area contributed by atoms with Gasteiger partial charge in [0, 0.05) is 28.3 Å². The monoisotopic (exact) mass is 479 g/mol. The molecule has 9 heteroatoms. The van der Waals surface area contributed by atoms with Gasteiger partial charge >= 0.3 is 0 Å². The van der Waals surface area contributed by atoms with E-state index in [-0.39, 0.29) is 10.5 Å². The zero-order chi connectivity index (χ0) is 20.3. The number of anilines is 2. The Hall–Kier alpha value is -2.42. The summed E-state index contributed by atoms with van der Waals surface area (Å²) in [5.41, 5.74) is 0.661. The number of halogens is 2. The number of hydrogen-bond acceptors (Lipinski definition) is 4. The Labute approximate surface area is 176 Å². The second-order valence-corrected chi connectivity index (χ2v) is 9.11. The number of nitrogens with one attached hydrogen (secondary N) is 1. The van der Waals surface area contributed by atoms with Crippen LogP contribution in [-0.2, 0) is 10.0 Å². The third-order valence-corrected chi connectivity index (χ3v) is 6.42. The zero-order valence-corrected chi connectivity index (χ0v) is 17.8. The smallest absolute Gasteiger partial charge is 0.264 e. The van der Waals surface area contributed by atoms with Crippen LogP contribution >= 0.6 is 27.5 Å². The molecule has 3 rings (SSSR count). The largest absolute Gasteiger partial charge is 0.307 e. The number of amides is 1. The molecule has 0 atom stereocenters. The van der Waals surface area contributed by atoms with E-state index >= 15 is 0 Å². The van der Waals surface area contributed by atoms with Crippen LogP contribution in [-0.4, -0.2) is 26.4 Å². The Morgan fingerprint density at radius 3 is 2.46 bits per heavy atom. The Bertz CT molecular complexity index is 1100. The maximum atomic E-state index is 12.9. The van der Waals surface area contributed by atoms with Gasteiger partial charge in [0.1, 0.15) is 5.82 Å². The van der Waals surface area contributed by atoms with Gasteiger partial charge in [0.05, 0.1) is 10.6 Å². The number of nitrogens with zero attached hydrogens (tertiary/aromatic N) is 2. The van der Waals surface area contributed by atoms with E-state index in [0.717, 1.165) is 8.78 Å². The third-order valence-electron chi connectivity index (χ3n) is 3.91. The topological polar surface area (TPSA) is 79.4 Å². The van der Waals surface area contributed by atoms with Gasteiger partial charge < -0.3 is 5.32 Å². The molecule has 0 aliphatic heterocycles. The summed E-state index contributed by atoms with van der Waals surface area (Å²) < 4.78 is 27.8. The molecule has 0 saturated carbocycles. The predicted molar refractivity (Wildman–Crippen MR) is 113 cm³/mol. The highest BCUT2D eigenvalue weighted by Gasteiger charge is 2.22. The summed E-state index contributed by atoms with van der Waals surface area (Å²) >= 11 is 9.13. The standard InChI is InChI=1S/C19H15BrClN3O3S/c1-24(16-8-6-15(21)7-9-16)28(26,27)17-4-2-3-13(11-17)19(25)23-18-10-5-14(20)12-22-18/h2-12H,1H3,(H,22,23,25). The van der Waals surface area contributed by atoms with Crippen LogP contribution in [0.4, 0.5) is 11.5 Å². The minimum Gasteiger partial charge on any atom is -0.307 e. The minimum atomic E-state index is -3.85. The van der Waals surface area contributed by atoms with Crippen molar-refractivity contribution in [3.05, 3.63) is 81.9 Å². The van der Waals surface area contributed by atoms with Gasteiger partial charge in [-0.1, -0.05) is 17.7 Å². The lowest BCUT2D eigenvalue weighted by atomic mass is 10.2. The first-order chi connectivity index (χ1) is 13.3. The normalized spacial score (nSPS) is 11.1. The van der Waals surface area contributed by atoms with Gasteiger partial charge in [-0.2, -0.15) is 0 Å². The molecule has 28 heavy (non-hydrogen) atoms. The van der Waals surface area contributed by atoms with Crippen LogP contribution in [0.25, 0.3) is 0 Å². The fraction of sp³-hybridized carbons (Fsp3) is 0.0526. The van der Waals surface area contributed by atoms with E-state index in [1.54, 1.807) is 42.6 Å². The second-order valence-electron chi connectivity index (χ2n) is 5.79. The molecular formula is C19H15BrClN3O3S. The Morgan fingerprint density at radius 1 is 1.11 bits per heavy atom. The Kier molecular flexibility index (Phi) is 6.02. The molecule has 0 fully saturated rings. The van der Waals surface area contributed by atoms with Crippen molar-refractivity contribution >= 4 is 55.0 Å². The lowest BCUT2D eigenvalue weighted by Gasteiger charge is -2.20. The Balaban J connectivity index is 1.86. The summed E-state index contributed by atoms with van der Waals surface area (Å²) in [5.74, 6) is -0.0965. The summed E-state index contributed by atoms with van der Waals surface area (Å²) in [7, 11) is -2.41. The first-order valence-corrected chi connectivity index (χ1v) is 10.7. The van der Waals surface area contributed by atoms with Gasteiger partial charge in [0.15, 0.2) is 0 Å². The maximum Gasteiger partial charge on any atom is 0.264 e. The van der Waals surface area contributed by atoms with Gasteiger partial charge in [-0.25, -0.2) is 13.4 Å². The molecule has 1 heterocycles. The summed E-state index contributed by atoms with van der Waals surface area (Å²) in [4.78, 5) is 16.5. The fourth-order valence-corrected chi connectivity index (χ4v) is 3.99. The van der Waals surface area contributed by atoms with Gasteiger partial charge in [0.2, 0.25) is 0 Å². The quantitative estimate of drug-likeness (QED) is 0.580. The molecule has 2 aromatic carbocycles. The van der Waals surface area contributed by atoms with Gasteiger partial charge in [-0.15, -0.1) is 0 Å². The summed E-state index contributed by atoms with van der Waals surface area (Å²) in [6.07, 6.45) is 1.55. The molecule has 0 aliphatic carbocycles. The molecule has 144 valence electrons. The average molecular weight is 481 g/mol. The van der Waals surface area contributed by atoms with Gasteiger partial charge in [-0.05, 0) is 70.5 Å². The van der Waals surface area contributed by atoms with Crippen LogP contribution in [0.15, 0.2) is 76.2 Å². The van der Waals surface area contributed by atoms with E-state index in [1.807, 2.05) is 0 Å². The number of benzene rings is 2. The highest BCUT2D eigenvalue weighted by molar-refractivity contribution is 9.10. The number of hydrogen-bond donors (Lipinski definition) is 1. The fourth-order valence-electron chi connectivity index (χ4n) is 2.38. The number of rotatable bonds is 5. The van der Waals surface area contributed by atoms with Crippen molar-refractivity contribution in [3.8, 4) is 0 Å². The van der Waals surface area contributed by atoms with Crippen LogP contribution in [0.1, 0.15) is 10.4 Å². The molecule has 3 aromatic rings. The number of carbonyl (C=O) groups is 1. The van der Waals surface area contributed by atoms with Crippen LogP contribution in [0, 0.1) is 0 Å². The summed E-state index contributed by atoms with van der Waals surface area (Å²) in [6.45, 7) is 0. The van der Waals surface area contributed by atoms with E-state index in [9.17, 15) is 13.2 Å². The molecule has 1 amide bonds. The lowest BCUT2D eigenvalue weighted by molar-refractivity contribution is 0.102. The van der Waals surface area contributed by atoms with Crippen LogP contribution in [0.5, 0.6) is 0 Å². The highest BCUT2D eigenvalue weighted by Crippen LogP contribution is 2.24. The maximum absolute atomic E-state index is 12.9. The molecule has 1 N–H and O–H groups in total. The van der Waals surface area contributed by atoms with Crippen LogP contribution in [0.3, 0.4) is 0 Å². The molecule has 0 spiro atoms. The first-order valence-electron chi connectivity index (χ1n) is 8.05. The van der Waals surface area contributed by atoms with Gasteiger partial charge in [0.25, 0.3) is 15.9 Å². The van der Waals surface area contributed by atoms with Crippen molar-refractivity contribution in [2.45, 2.75) is 4.90 Å². The van der Waals surface area contributed by atoms with E-state index in [1.165, 1.54) is 31.3 Å². The number of sulfonamides is 1. The van der Waals surface area contributed by atoms with E-state index < -0.39 is 15.9 Å². The zero-order valence-electron chi connectivity index (χ0n) is 14.6. The van der Waals surface area contributed by atoms with Crippen molar-refractivity contribution in [2.24, 2.45) is 0 Å². The van der Waals surface area contributed by atoms with E-state index in [2.05, 4.69) is 26.2 Å². The van der Waals surface area contributed by atoms with Crippen molar-refractivity contribution in [3.63, 3.8) is 0 Å². The van der Waals surface area contributed by atoms with Crippen molar-refractivity contribution < 1.29 is 13.2 Å². The molecule has 0 bridgehead atoms. The SMILES string of the molecule is CN(c1ccc(Cl)cc1)S(=O)(=O)c1cccc(C(=O)Nc2ccc(Br)cn2)c1. The average Bonchev–Trinajstić information content (AvgIpc) is 2.70. The first kappa shape index (κ1) is 20.3. The second kappa shape index (κ2) is 8.30. The molecule has 0 aliphatic rings. The number of pyridine rings is 1. The molecule has 0 saturated heterocycles. The molecule has 0 unspecified atom stereocenters. The molecule has 0 radical (unpaired) electrons. The third kappa shape index (κ3) is 4.52. The van der Waals surface area contributed by atoms with E-state index in [0.29, 0.717) is 16.5 Å². The van der Waals surface area contributed by atoms with E-state index in [4.69, 9.17) is 11.6 Å². The minimum absolute atomic E-state index is 0.00126. The summed E-state index contributed by atoms with van der Waals surface area (Å²) in [6, 6.07) is 15.6. The molecule has 1 aromatic heterocycles. The van der Waals surface area contributed by atoms with Crippen molar-refractivity contribution in [1.29, 1.82) is 0 Å². The number of carbonyl (C=O) groups excluding carboxylic acids is 1. The highest BCUT2D eigenvalue weighted by atomic mass is 79.9. The Morgan fingerprint density at radius 2 is 1.82 bits per heavy atom.